The van der Waals surface area contributed by atoms with E-state index in [1.54, 1.807) is 11.3 Å². The zero-order chi connectivity index (χ0) is 11.5. The first kappa shape index (κ1) is 12.6. The van der Waals surface area contributed by atoms with E-state index < -0.39 is 0 Å². The second kappa shape index (κ2) is 5.67. The van der Waals surface area contributed by atoms with Gasteiger partial charge in [0.25, 0.3) is 0 Å². The Morgan fingerprint density at radius 2 is 1.88 bits per heavy atom. The average Bonchev–Trinajstić information content (AvgIpc) is 2.68. The highest BCUT2D eigenvalue weighted by Crippen LogP contribution is 2.31. The minimum Gasteiger partial charge on any atom is -0.149 e. The molecular formula is C12H9Br2ClS. The van der Waals surface area contributed by atoms with E-state index in [-0.39, 0.29) is 5.38 Å². The topological polar surface area (TPSA) is 0 Å². The zero-order valence-electron chi connectivity index (χ0n) is 8.29. The number of alkyl halides is 1. The fourth-order valence-electron chi connectivity index (χ4n) is 1.48. The lowest BCUT2D eigenvalue weighted by Crippen LogP contribution is -1.94. The van der Waals surface area contributed by atoms with Crippen LogP contribution in [-0.2, 0) is 6.42 Å². The third kappa shape index (κ3) is 3.33. The summed E-state index contributed by atoms with van der Waals surface area (Å²) in [5.74, 6) is 0. The quantitative estimate of drug-likeness (QED) is 0.591. The van der Waals surface area contributed by atoms with Crippen LogP contribution in [0.4, 0.5) is 0 Å². The first-order valence-electron chi connectivity index (χ1n) is 4.77. The molecule has 0 nitrogen and oxygen atoms in total. The van der Waals surface area contributed by atoms with Crippen molar-refractivity contribution in [3.8, 4) is 0 Å². The van der Waals surface area contributed by atoms with Gasteiger partial charge in [0.15, 0.2) is 0 Å². The maximum atomic E-state index is 6.41. The van der Waals surface area contributed by atoms with Crippen molar-refractivity contribution in [3.63, 3.8) is 0 Å². The predicted molar refractivity (Wildman–Crippen MR) is 78.5 cm³/mol. The molecule has 4 heteroatoms. The molecule has 0 radical (unpaired) electrons. The number of halogens is 3. The fourth-order valence-corrected chi connectivity index (χ4v) is 3.94. The van der Waals surface area contributed by atoms with Gasteiger partial charge >= 0.3 is 0 Å². The van der Waals surface area contributed by atoms with Gasteiger partial charge in [0.1, 0.15) is 0 Å². The van der Waals surface area contributed by atoms with Crippen LogP contribution in [0.1, 0.15) is 15.8 Å². The van der Waals surface area contributed by atoms with Crippen molar-refractivity contribution < 1.29 is 0 Å². The summed E-state index contributed by atoms with van der Waals surface area (Å²) < 4.78 is 2.10. The van der Waals surface area contributed by atoms with Gasteiger partial charge in [-0.2, -0.15) is 0 Å². The van der Waals surface area contributed by atoms with Crippen molar-refractivity contribution in [1.82, 2.24) is 0 Å². The molecular weight excluding hydrogens is 371 g/mol. The van der Waals surface area contributed by atoms with Crippen molar-refractivity contribution >= 4 is 54.8 Å². The van der Waals surface area contributed by atoms with Gasteiger partial charge in [0.2, 0.25) is 0 Å². The molecule has 0 N–H and O–H groups in total. The molecule has 2 aromatic rings. The van der Waals surface area contributed by atoms with E-state index in [0.717, 1.165) is 20.9 Å². The molecule has 1 unspecified atom stereocenters. The summed E-state index contributed by atoms with van der Waals surface area (Å²) in [6.45, 7) is 0. The third-order valence-electron chi connectivity index (χ3n) is 2.21. The van der Waals surface area contributed by atoms with E-state index in [0.29, 0.717) is 0 Å². The molecule has 0 fully saturated rings. The second-order valence-corrected chi connectivity index (χ2v) is 6.84. The van der Waals surface area contributed by atoms with Crippen LogP contribution in [0.3, 0.4) is 0 Å². The molecule has 0 amide bonds. The third-order valence-corrected chi connectivity index (χ3v) is 4.43. The Hall–Kier alpha value is 0.170. The largest absolute Gasteiger partial charge is 0.149 e. The van der Waals surface area contributed by atoms with Crippen molar-refractivity contribution in [2.45, 2.75) is 11.8 Å². The van der Waals surface area contributed by atoms with Gasteiger partial charge in [-0.05, 0) is 35.2 Å². The lowest BCUT2D eigenvalue weighted by molar-refractivity contribution is 0.935. The fraction of sp³-hybridized carbons (Fsp3) is 0.167. The molecule has 0 saturated heterocycles. The summed E-state index contributed by atoms with van der Waals surface area (Å²) in [6, 6.07) is 10.3. The summed E-state index contributed by atoms with van der Waals surface area (Å²) in [4.78, 5) is 1.32. The van der Waals surface area contributed by atoms with Gasteiger partial charge in [-0.1, -0.05) is 37.9 Å². The first-order valence-corrected chi connectivity index (χ1v) is 7.68. The lowest BCUT2D eigenvalue weighted by atomic mass is 10.1. The number of hydrogen-bond donors (Lipinski definition) is 0. The molecule has 0 aliphatic carbocycles. The SMILES string of the molecule is ClC(Cc1cccs1)c1cc(Br)cc(Br)c1. The second-order valence-electron chi connectivity index (χ2n) is 3.45. The normalized spacial score (nSPS) is 12.7. The van der Waals surface area contributed by atoms with Gasteiger partial charge in [-0.3, -0.25) is 0 Å². The molecule has 1 atom stereocenters. The van der Waals surface area contributed by atoms with Crippen LogP contribution in [-0.4, -0.2) is 0 Å². The van der Waals surface area contributed by atoms with E-state index in [9.17, 15) is 0 Å². The number of hydrogen-bond acceptors (Lipinski definition) is 1. The van der Waals surface area contributed by atoms with Crippen molar-refractivity contribution in [2.75, 3.05) is 0 Å². The number of rotatable bonds is 3. The average molecular weight is 381 g/mol. The van der Waals surface area contributed by atoms with Crippen LogP contribution in [0.25, 0.3) is 0 Å². The van der Waals surface area contributed by atoms with Crippen LogP contribution in [0, 0.1) is 0 Å². The summed E-state index contributed by atoms with van der Waals surface area (Å²) in [5, 5.41) is 2.10. The molecule has 0 aliphatic rings. The summed E-state index contributed by atoms with van der Waals surface area (Å²) in [5.41, 5.74) is 1.14. The van der Waals surface area contributed by atoms with Gasteiger partial charge in [0.05, 0.1) is 5.38 Å². The molecule has 0 spiro atoms. The van der Waals surface area contributed by atoms with Crippen LogP contribution >= 0.6 is 54.8 Å². The van der Waals surface area contributed by atoms with E-state index in [4.69, 9.17) is 11.6 Å². The molecule has 84 valence electrons. The van der Waals surface area contributed by atoms with E-state index in [2.05, 4.69) is 61.5 Å². The molecule has 1 aromatic carbocycles. The van der Waals surface area contributed by atoms with Gasteiger partial charge in [0, 0.05) is 20.2 Å². The first-order chi connectivity index (χ1) is 7.65. The molecule has 0 saturated carbocycles. The minimum absolute atomic E-state index is 0.0208. The molecule has 1 heterocycles. The number of thiophene rings is 1. The van der Waals surface area contributed by atoms with Gasteiger partial charge < -0.3 is 0 Å². The zero-order valence-corrected chi connectivity index (χ0v) is 13.0. The molecule has 0 aliphatic heterocycles. The molecule has 2 rings (SSSR count). The maximum absolute atomic E-state index is 6.41. The van der Waals surface area contributed by atoms with Crippen LogP contribution in [0.2, 0.25) is 0 Å². The van der Waals surface area contributed by atoms with E-state index >= 15 is 0 Å². The Morgan fingerprint density at radius 3 is 2.44 bits per heavy atom. The number of benzene rings is 1. The lowest BCUT2D eigenvalue weighted by Gasteiger charge is -2.09. The summed E-state index contributed by atoms with van der Waals surface area (Å²) in [7, 11) is 0. The van der Waals surface area contributed by atoms with Crippen LogP contribution < -0.4 is 0 Å². The molecule has 16 heavy (non-hydrogen) atoms. The van der Waals surface area contributed by atoms with Crippen molar-refractivity contribution in [1.29, 1.82) is 0 Å². The monoisotopic (exact) mass is 378 g/mol. The Morgan fingerprint density at radius 1 is 1.19 bits per heavy atom. The Balaban J connectivity index is 2.17. The Bertz CT molecular complexity index is 448. The smallest absolute Gasteiger partial charge is 0.0634 e. The van der Waals surface area contributed by atoms with Gasteiger partial charge in [-0.15, -0.1) is 22.9 Å². The highest BCUT2D eigenvalue weighted by Gasteiger charge is 2.10. The molecule has 1 aromatic heterocycles. The van der Waals surface area contributed by atoms with Crippen molar-refractivity contribution in [2.24, 2.45) is 0 Å². The Labute approximate surface area is 121 Å². The highest BCUT2D eigenvalue weighted by molar-refractivity contribution is 9.11. The highest BCUT2D eigenvalue weighted by atomic mass is 79.9. The van der Waals surface area contributed by atoms with E-state index in [1.165, 1.54) is 4.88 Å². The summed E-state index contributed by atoms with van der Waals surface area (Å²) >= 11 is 15.1. The molecule has 0 bridgehead atoms. The maximum Gasteiger partial charge on any atom is 0.0634 e. The van der Waals surface area contributed by atoms with Gasteiger partial charge in [-0.25, -0.2) is 0 Å². The van der Waals surface area contributed by atoms with Crippen LogP contribution in [0.15, 0.2) is 44.7 Å². The Kier molecular flexibility index (Phi) is 4.48. The van der Waals surface area contributed by atoms with E-state index in [1.807, 2.05) is 6.07 Å². The standard InChI is InChI=1S/C12H9Br2ClS/c13-9-4-8(5-10(14)6-9)12(15)7-11-2-1-3-16-11/h1-6,12H,7H2. The van der Waals surface area contributed by atoms with Crippen LogP contribution in [0.5, 0.6) is 0 Å². The minimum atomic E-state index is 0.0208. The predicted octanol–water partition coefficient (Wildman–Crippen LogP) is 5.80. The summed E-state index contributed by atoms with van der Waals surface area (Å²) in [6.07, 6.45) is 0.877. The van der Waals surface area contributed by atoms with Crippen molar-refractivity contribution in [3.05, 3.63) is 55.1 Å².